The van der Waals surface area contributed by atoms with Crippen molar-refractivity contribution in [3.63, 3.8) is 0 Å². The molecule has 5 heteroatoms. The molecule has 2 rings (SSSR count). The van der Waals surface area contributed by atoms with E-state index in [2.05, 4.69) is 15.9 Å². The smallest absolute Gasteiger partial charge is 0.0912 e. The number of ether oxygens (including phenoxy) is 1. The van der Waals surface area contributed by atoms with Crippen LogP contribution in [0, 0.1) is 0 Å². The maximum absolute atomic E-state index is 9.61. The van der Waals surface area contributed by atoms with Gasteiger partial charge in [-0.25, -0.2) is 0 Å². The minimum Gasteiger partial charge on any atom is -0.387 e. The zero-order valence-corrected chi connectivity index (χ0v) is 11.1. The van der Waals surface area contributed by atoms with E-state index in [-0.39, 0.29) is 6.54 Å². The molecule has 1 saturated heterocycles. The first-order chi connectivity index (χ1) is 7.70. The lowest BCUT2D eigenvalue weighted by Crippen LogP contribution is -2.30. The molecule has 1 aliphatic rings. The predicted octanol–water partition coefficient (Wildman–Crippen LogP) is 1.93. The summed E-state index contributed by atoms with van der Waals surface area (Å²) in [4.78, 5) is 1.18. The van der Waals surface area contributed by atoms with Crippen LogP contribution >= 0.6 is 27.7 Å². The molecule has 1 atom stereocenters. The number of nitrogens with two attached hydrogens (primary N) is 1. The van der Waals surface area contributed by atoms with Crippen molar-refractivity contribution in [1.82, 2.24) is 0 Å². The SMILES string of the molecule is NCC(O)c1ccc(SC2COC2)c(Br)c1. The summed E-state index contributed by atoms with van der Waals surface area (Å²) in [7, 11) is 0. The zero-order valence-electron chi connectivity index (χ0n) is 8.73. The minimum absolute atomic E-state index is 0.245. The van der Waals surface area contributed by atoms with E-state index >= 15 is 0 Å². The van der Waals surface area contributed by atoms with Crippen LogP contribution in [0.4, 0.5) is 0 Å². The highest BCUT2D eigenvalue weighted by Gasteiger charge is 2.20. The Morgan fingerprint density at radius 1 is 1.56 bits per heavy atom. The van der Waals surface area contributed by atoms with Gasteiger partial charge in [0.25, 0.3) is 0 Å². The maximum atomic E-state index is 9.61. The van der Waals surface area contributed by atoms with Crippen LogP contribution in [0.3, 0.4) is 0 Å². The third kappa shape index (κ3) is 2.78. The molecule has 3 N–H and O–H groups in total. The molecule has 0 aliphatic carbocycles. The molecule has 3 nitrogen and oxygen atoms in total. The van der Waals surface area contributed by atoms with Gasteiger partial charge in [0.1, 0.15) is 0 Å². The maximum Gasteiger partial charge on any atom is 0.0912 e. The second kappa shape index (κ2) is 5.51. The molecule has 1 aliphatic heterocycles. The lowest BCUT2D eigenvalue weighted by atomic mass is 10.1. The molecule has 1 heterocycles. The average molecular weight is 304 g/mol. The molecule has 1 aromatic rings. The Balaban J connectivity index is 2.09. The third-order valence-corrected chi connectivity index (χ3v) is 4.60. The van der Waals surface area contributed by atoms with Crippen molar-refractivity contribution in [3.05, 3.63) is 28.2 Å². The Morgan fingerprint density at radius 2 is 2.31 bits per heavy atom. The molecule has 0 spiro atoms. The highest BCUT2D eigenvalue weighted by molar-refractivity contribution is 9.10. The van der Waals surface area contributed by atoms with Gasteiger partial charge >= 0.3 is 0 Å². The quantitative estimate of drug-likeness (QED) is 0.892. The number of aliphatic hydroxyl groups excluding tert-OH is 1. The summed E-state index contributed by atoms with van der Waals surface area (Å²) >= 11 is 5.31. The van der Waals surface area contributed by atoms with E-state index in [4.69, 9.17) is 10.5 Å². The van der Waals surface area contributed by atoms with Crippen molar-refractivity contribution in [2.45, 2.75) is 16.2 Å². The number of aliphatic hydroxyl groups is 1. The fourth-order valence-corrected chi connectivity index (χ4v) is 3.10. The Bertz CT molecular complexity index is 371. The largest absolute Gasteiger partial charge is 0.387 e. The van der Waals surface area contributed by atoms with E-state index in [1.165, 1.54) is 4.90 Å². The van der Waals surface area contributed by atoms with E-state index in [1.807, 2.05) is 18.2 Å². The summed E-state index contributed by atoms with van der Waals surface area (Å²) in [6, 6.07) is 5.87. The van der Waals surface area contributed by atoms with Crippen molar-refractivity contribution in [3.8, 4) is 0 Å². The van der Waals surface area contributed by atoms with Crippen LogP contribution < -0.4 is 5.73 Å². The molecule has 0 radical (unpaired) electrons. The monoisotopic (exact) mass is 303 g/mol. The predicted molar refractivity (Wildman–Crippen MR) is 68.6 cm³/mol. The molecule has 16 heavy (non-hydrogen) atoms. The first-order valence-corrected chi connectivity index (χ1v) is 6.80. The summed E-state index contributed by atoms with van der Waals surface area (Å²) in [5.74, 6) is 0. The van der Waals surface area contributed by atoms with E-state index in [0.29, 0.717) is 5.25 Å². The lowest BCUT2D eigenvalue weighted by molar-refractivity contribution is 0.0455. The molecule has 1 aromatic carbocycles. The summed E-state index contributed by atoms with van der Waals surface area (Å²) in [6.45, 7) is 1.89. The molecule has 1 fully saturated rings. The first-order valence-electron chi connectivity index (χ1n) is 5.12. The number of halogens is 1. The Hall–Kier alpha value is -0.0700. The van der Waals surface area contributed by atoms with Crippen LogP contribution in [0.25, 0.3) is 0 Å². The molecule has 0 aromatic heterocycles. The molecule has 0 bridgehead atoms. The second-order valence-electron chi connectivity index (χ2n) is 3.72. The third-order valence-electron chi connectivity index (χ3n) is 2.47. The van der Waals surface area contributed by atoms with Gasteiger partial charge < -0.3 is 15.6 Å². The zero-order chi connectivity index (χ0) is 11.5. The van der Waals surface area contributed by atoms with Crippen LogP contribution in [0.5, 0.6) is 0 Å². The van der Waals surface area contributed by atoms with Crippen molar-refractivity contribution in [2.24, 2.45) is 5.73 Å². The van der Waals surface area contributed by atoms with Gasteiger partial charge in [0.05, 0.1) is 24.6 Å². The van der Waals surface area contributed by atoms with E-state index < -0.39 is 6.10 Å². The summed E-state index contributed by atoms with van der Waals surface area (Å²) in [5, 5.41) is 10.2. The fourth-order valence-electron chi connectivity index (χ4n) is 1.42. The molecular formula is C11H14BrNO2S. The average Bonchev–Trinajstić information content (AvgIpc) is 2.23. The normalized spacial score (nSPS) is 18.2. The van der Waals surface area contributed by atoms with Crippen LogP contribution in [-0.2, 0) is 4.74 Å². The van der Waals surface area contributed by atoms with Gasteiger partial charge in [0, 0.05) is 15.9 Å². The van der Waals surface area contributed by atoms with Gasteiger partial charge in [0.15, 0.2) is 0 Å². The van der Waals surface area contributed by atoms with Crippen LogP contribution in [0.1, 0.15) is 11.7 Å². The van der Waals surface area contributed by atoms with Gasteiger partial charge in [-0.2, -0.15) is 0 Å². The van der Waals surface area contributed by atoms with E-state index in [9.17, 15) is 5.11 Å². The Morgan fingerprint density at radius 3 is 2.81 bits per heavy atom. The van der Waals surface area contributed by atoms with Crippen molar-refractivity contribution < 1.29 is 9.84 Å². The molecule has 1 unspecified atom stereocenters. The fraction of sp³-hybridized carbons (Fsp3) is 0.455. The summed E-state index contributed by atoms with van der Waals surface area (Å²) in [6.07, 6.45) is -0.581. The standard InChI is InChI=1S/C11H14BrNO2S/c12-9-3-7(10(14)4-13)1-2-11(9)16-8-5-15-6-8/h1-3,8,10,14H,4-6,13H2. The van der Waals surface area contributed by atoms with Crippen LogP contribution in [-0.4, -0.2) is 30.1 Å². The van der Waals surface area contributed by atoms with Crippen molar-refractivity contribution >= 4 is 27.7 Å². The van der Waals surface area contributed by atoms with Gasteiger partial charge in [-0.15, -0.1) is 11.8 Å². The van der Waals surface area contributed by atoms with Crippen LogP contribution in [0.2, 0.25) is 0 Å². The topological polar surface area (TPSA) is 55.5 Å². The minimum atomic E-state index is -0.581. The molecule has 88 valence electrons. The molecular weight excluding hydrogens is 290 g/mol. The molecule has 0 amide bonds. The summed E-state index contributed by atoms with van der Waals surface area (Å²) < 4.78 is 6.14. The second-order valence-corrected chi connectivity index (χ2v) is 5.92. The number of hydrogen-bond donors (Lipinski definition) is 2. The van der Waals surface area contributed by atoms with Gasteiger partial charge in [0.2, 0.25) is 0 Å². The van der Waals surface area contributed by atoms with Gasteiger partial charge in [-0.1, -0.05) is 6.07 Å². The van der Waals surface area contributed by atoms with Gasteiger partial charge in [-0.3, -0.25) is 0 Å². The Labute approximate surface area is 107 Å². The number of benzene rings is 1. The number of hydrogen-bond acceptors (Lipinski definition) is 4. The molecule has 0 saturated carbocycles. The van der Waals surface area contributed by atoms with Gasteiger partial charge in [-0.05, 0) is 33.6 Å². The highest BCUT2D eigenvalue weighted by Crippen LogP contribution is 2.34. The Kier molecular flexibility index (Phi) is 4.27. The highest BCUT2D eigenvalue weighted by atomic mass is 79.9. The van der Waals surface area contributed by atoms with E-state index in [0.717, 1.165) is 23.2 Å². The first kappa shape index (κ1) is 12.4. The number of thioether (sulfide) groups is 1. The van der Waals surface area contributed by atoms with Crippen molar-refractivity contribution in [1.29, 1.82) is 0 Å². The van der Waals surface area contributed by atoms with Crippen LogP contribution in [0.15, 0.2) is 27.6 Å². The van der Waals surface area contributed by atoms with Crippen molar-refractivity contribution in [2.75, 3.05) is 19.8 Å². The summed E-state index contributed by atoms with van der Waals surface area (Å²) in [5.41, 5.74) is 6.27. The number of rotatable bonds is 4. The van der Waals surface area contributed by atoms with E-state index in [1.54, 1.807) is 11.8 Å². The lowest BCUT2D eigenvalue weighted by Gasteiger charge is -2.25.